The molecule has 0 spiro atoms. The summed E-state index contributed by atoms with van der Waals surface area (Å²) < 4.78 is 15.3. The summed E-state index contributed by atoms with van der Waals surface area (Å²) in [6, 6.07) is 4.51. The number of aromatic nitrogens is 3. The maximum atomic E-state index is 13.7. The van der Waals surface area contributed by atoms with Gasteiger partial charge in [0, 0.05) is 30.9 Å². The quantitative estimate of drug-likeness (QED) is 0.634. The molecule has 1 amide bonds. The molecule has 8 nitrogen and oxygen atoms in total. The second kappa shape index (κ2) is 6.70. The lowest BCUT2D eigenvalue weighted by molar-refractivity contribution is 0.0934. The molecule has 0 unspecified atom stereocenters. The van der Waals surface area contributed by atoms with E-state index in [1.807, 2.05) is 4.90 Å². The van der Waals surface area contributed by atoms with E-state index in [0.29, 0.717) is 47.8 Å². The number of nitrogens with one attached hydrogen (secondary N) is 2. The number of carbonyl (C=O) groups excluding carboxylic acids is 1. The highest BCUT2D eigenvalue weighted by atomic mass is 19.1. The Kier molecular flexibility index (Phi) is 4.13. The number of benzene rings is 1. The Morgan fingerprint density at radius 2 is 2.24 bits per heavy atom. The third kappa shape index (κ3) is 2.98. The van der Waals surface area contributed by atoms with Crippen LogP contribution in [0.4, 0.5) is 21.7 Å². The van der Waals surface area contributed by atoms with Gasteiger partial charge in [0.2, 0.25) is 0 Å². The monoisotopic (exact) mass is 396 g/mol. The fraction of sp³-hybridized carbons (Fsp3) is 0.350. The fourth-order valence-electron chi connectivity index (χ4n) is 4.21. The van der Waals surface area contributed by atoms with Gasteiger partial charge in [0.1, 0.15) is 11.5 Å². The van der Waals surface area contributed by atoms with E-state index in [0.717, 1.165) is 11.8 Å². The number of halogens is 1. The largest absolute Gasteiger partial charge is 0.393 e. The Morgan fingerprint density at radius 1 is 1.38 bits per heavy atom. The van der Waals surface area contributed by atoms with E-state index < -0.39 is 0 Å². The van der Waals surface area contributed by atoms with Crippen molar-refractivity contribution in [3.05, 3.63) is 35.8 Å². The summed E-state index contributed by atoms with van der Waals surface area (Å²) in [7, 11) is 1.76. The molecule has 0 radical (unpaired) electrons. The zero-order chi connectivity index (χ0) is 20.1. The first-order valence-electron chi connectivity index (χ1n) is 9.64. The summed E-state index contributed by atoms with van der Waals surface area (Å²) in [5, 5.41) is 18.1. The number of aliphatic imine (C=N–C) groups is 1. The molecule has 5 rings (SSSR count). The van der Waals surface area contributed by atoms with E-state index in [-0.39, 0.29) is 23.9 Å². The molecule has 2 atom stereocenters. The Hall–Kier alpha value is -3.20. The van der Waals surface area contributed by atoms with Crippen LogP contribution >= 0.6 is 0 Å². The Balaban J connectivity index is 1.54. The number of fused-ring (bicyclic) bond motifs is 2. The van der Waals surface area contributed by atoms with E-state index >= 15 is 0 Å². The Labute approximate surface area is 166 Å². The average Bonchev–Trinajstić information content (AvgIpc) is 3.39. The highest BCUT2D eigenvalue weighted by Gasteiger charge is 2.30. The van der Waals surface area contributed by atoms with Crippen molar-refractivity contribution in [3.63, 3.8) is 0 Å². The number of rotatable bonds is 3. The van der Waals surface area contributed by atoms with E-state index in [2.05, 4.69) is 20.4 Å². The van der Waals surface area contributed by atoms with Gasteiger partial charge >= 0.3 is 0 Å². The molecule has 1 fully saturated rings. The van der Waals surface area contributed by atoms with Gasteiger partial charge in [-0.15, -0.1) is 0 Å². The van der Waals surface area contributed by atoms with Crippen molar-refractivity contribution in [1.29, 1.82) is 0 Å². The van der Waals surface area contributed by atoms with Crippen LogP contribution in [0.1, 0.15) is 29.6 Å². The van der Waals surface area contributed by atoms with Gasteiger partial charge in [0.25, 0.3) is 5.91 Å². The van der Waals surface area contributed by atoms with Crippen LogP contribution in [-0.4, -0.2) is 50.7 Å². The van der Waals surface area contributed by atoms with Crippen LogP contribution in [0.15, 0.2) is 29.4 Å². The standard InChI is InChI=1S/C20H21FN6O2/c1-26-16-8-11(21)2-5-14(16)19(25-26)27-7-6-22-18-17(27)15(10-23-18)20(29)24-12-3-4-13(28)9-12/h2,5-6,8,10,12-13,23,28H,3-4,7,9H2,1H3,(H,24,29)/t12-,13+/m0/s1. The molecule has 150 valence electrons. The molecule has 1 saturated carbocycles. The molecular formula is C20H21FN6O2. The molecule has 2 aliphatic rings. The lowest BCUT2D eigenvalue weighted by Crippen LogP contribution is -2.34. The summed E-state index contributed by atoms with van der Waals surface area (Å²) >= 11 is 0. The zero-order valence-electron chi connectivity index (χ0n) is 15.9. The predicted molar refractivity (Wildman–Crippen MR) is 108 cm³/mol. The second-order valence-corrected chi connectivity index (χ2v) is 7.57. The number of aromatic amines is 1. The van der Waals surface area contributed by atoms with Gasteiger partial charge in [-0.25, -0.2) is 9.38 Å². The number of aryl methyl sites for hydroxylation is 1. The smallest absolute Gasteiger partial charge is 0.255 e. The molecule has 1 aliphatic heterocycles. The number of aliphatic hydroxyl groups excluding tert-OH is 1. The number of H-pyrrole nitrogens is 1. The van der Waals surface area contributed by atoms with Crippen molar-refractivity contribution in [2.24, 2.45) is 12.0 Å². The van der Waals surface area contributed by atoms with Gasteiger partial charge < -0.3 is 20.3 Å². The molecule has 3 heterocycles. The van der Waals surface area contributed by atoms with Crippen molar-refractivity contribution in [2.75, 3.05) is 11.4 Å². The lowest BCUT2D eigenvalue weighted by atomic mass is 10.1. The number of hydrogen-bond donors (Lipinski definition) is 3. The fourth-order valence-corrected chi connectivity index (χ4v) is 4.21. The number of hydrogen-bond acceptors (Lipinski definition) is 5. The molecule has 1 aromatic carbocycles. The number of amides is 1. The van der Waals surface area contributed by atoms with Crippen LogP contribution in [-0.2, 0) is 7.05 Å². The molecule has 3 aromatic rings. The van der Waals surface area contributed by atoms with Crippen molar-refractivity contribution in [2.45, 2.75) is 31.4 Å². The molecular weight excluding hydrogens is 375 g/mol. The first kappa shape index (κ1) is 17.9. The summed E-state index contributed by atoms with van der Waals surface area (Å²) in [6.07, 6.45) is 5.06. The minimum absolute atomic E-state index is 0.0396. The minimum Gasteiger partial charge on any atom is -0.393 e. The van der Waals surface area contributed by atoms with Crippen LogP contribution < -0.4 is 10.2 Å². The summed E-state index contributed by atoms with van der Waals surface area (Å²) in [5.41, 5.74) is 1.79. The maximum Gasteiger partial charge on any atom is 0.255 e. The highest BCUT2D eigenvalue weighted by molar-refractivity contribution is 6.06. The van der Waals surface area contributed by atoms with Crippen LogP contribution in [0.25, 0.3) is 10.9 Å². The third-order valence-corrected chi connectivity index (χ3v) is 5.62. The molecule has 0 bridgehead atoms. The highest BCUT2D eigenvalue weighted by Crippen LogP contribution is 2.40. The van der Waals surface area contributed by atoms with Gasteiger partial charge in [0.15, 0.2) is 11.6 Å². The molecule has 9 heteroatoms. The Bertz CT molecular complexity index is 1130. The molecule has 2 aromatic heterocycles. The topological polar surface area (TPSA) is 98.5 Å². The minimum atomic E-state index is -0.359. The first-order valence-corrected chi connectivity index (χ1v) is 9.64. The predicted octanol–water partition coefficient (Wildman–Crippen LogP) is 2.54. The Morgan fingerprint density at radius 3 is 3.03 bits per heavy atom. The van der Waals surface area contributed by atoms with Gasteiger partial charge in [-0.1, -0.05) is 0 Å². The van der Waals surface area contributed by atoms with Crippen LogP contribution in [0.3, 0.4) is 0 Å². The van der Waals surface area contributed by atoms with Gasteiger partial charge in [0.05, 0.1) is 23.7 Å². The molecule has 29 heavy (non-hydrogen) atoms. The van der Waals surface area contributed by atoms with E-state index in [1.165, 1.54) is 12.1 Å². The van der Waals surface area contributed by atoms with Crippen LogP contribution in [0, 0.1) is 5.82 Å². The van der Waals surface area contributed by atoms with E-state index in [1.54, 1.807) is 30.2 Å². The molecule has 3 N–H and O–H groups in total. The number of anilines is 2. The van der Waals surface area contributed by atoms with Gasteiger partial charge in [-0.3, -0.25) is 9.48 Å². The van der Waals surface area contributed by atoms with E-state index in [4.69, 9.17) is 0 Å². The lowest BCUT2D eigenvalue weighted by Gasteiger charge is -2.25. The number of aliphatic hydroxyl groups is 1. The zero-order valence-corrected chi connectivity index (χ0v) is 15.9. The van der Waals surface area contributed by atoms with Crippen molar-refractivity contribution in [3.8, 4) is 0 Å². The third-order valence-electron chi connectivity index (χ3n) is 5.62. The van der Waals surface area contributed by atoms with Crippen LogP contribution in [0.5, 0.6) is 0 Å². The maximum absolute atomic E-state index is 13.7. The summed E-state index contributed by atoms with van der Waals surface area (Å²) in [5.74, 6) is 0.678. The number of carbonyl (C=O) groups is 1. The van der Waals surface area contributed by atoms with Crippen molar-refractivity contribution in [1.82, 2.24) is 20.1 Å². The molecule has 1 aliphatic carbocycles. The SMILES string of the molecule is Cn1nc(N2CC=Nc3[nH]cc(C(=O)N[C@H]4CC[C@@H](O)C4)c32)c2ccc(F)cc21. The van der Waals surface area contributed by atoms with Crippen molar-refractivity contribution < 1.29 is 14.3 Å². The van der Waals surface area contributed by atoms with Gasteiger partial charge in [-0.2, -0.15) is 5.10 Å². The normalized spacial score (nSPS) is 21.0. The summed E-state index contributed by atoms with van der Waals surface area (Å²) in [4.78, 5) is 22.3. The summed E-state index contributed by atoms with van der Waals surface area (Å²) in [6.45, 7) is 0.441. The van der Waals surface area contributed by atoms with Gasteiger partial charge in [-0.05, 0) is 37.5 Å². The average molecular weight is 396 g/mol. The van der Waals surface area contributed by atoms with Crippen LogP contribution in [0.2, 0.25) is 0 Å². The second-order valence-electron chi connectivity index (χ2n) is 7.57. The van der Waals surface area contributed by atoms with Crippen molar-refractivity contribution >= 4 is 40.3 Å². The first-order chi connectivity index (χ1) is 14.0. The number of nitrogens with zero attached hydrogens (tertiary/aromatic N) is 4. The van der Waals surface area contributed by atoms with E-state index in [9.17, 15) is 14.3 Å². The molecule has 0 saturated heterocycles.